The number of aliphatic hydroxyl groups is 1. The maximum absolute atomic E-state index is 11.2. The Kier molecular flexibility index (Phi) is 2.79. The summed E-state index contributed by atoms with van der Waals surface area (Å²) in [4.78, 5) is 15.5. The van der Waals surface area contributed by atoms with Gasteiger partial charge in [0.1, 0.15) is 6.10 Å². The number of aromatic carboxylic acids is 1. The number of fused-ring (bicyclic) bond motifs is 1. The monoisotopic (exact) mass is 259 g/mol. The van der Waals surface area contributed by atoms with Gasteiger partial charge in [-0.05, 0) is 18.9 Å². The van der Waals surface area contributed by atoms with Crippen molar-refractivity contribution in [3.8, 4) is 11.4 Å². The number of nitrogens with zero attached hydrogens (tertiary/aromatic N) is 3. The summed E-state index contributed by atoms with van der Waals surface area (Å²) in [5, 5.41) is 23.3. The number of aromatic nitrogens is 3. The van der Waals surface area contributed by atoms with Crippen LogP contribution in [0, 0.1) is 0 Å². The highest BCUT2D eigenvalue weighted by atomic mass is 16.4. The lowest BCUT2D eigenvalue weighted by Gasteiger charge is -2.16. The summed E-state index contributed by atoms with van der Waals surface area (Å²) in [6.45, 7) is 0.703. The van der Waals surface area contributed by atoms with E-state index >= 15 is 0 Å². The molecule has 1 aromatic heterocycles. The van der Waals surface area contributed by atoms with E-state index in [-0.39, 0.29) is 5.56 Å². The maximum atomic E-state index is 11.2. The zero-order chi connectivity index (χ0) is 13.4. The Bertz CT molecular complexity index is 636. The minimum atomic E-state index is -1.01. The van der Waals surface area contributed by atoms with Crippen LogP contribution in [-0.4, -0.2) is 30.9 Å². The van der Waals surface area contributed by atoms with Crippen LogP contribution < -0.4 is 0 Å². The molecule has 0 radical (unpaired) electrons. The molecule has 3 rings (SSSR count). The molecule has 0 spiro atoms. The van der Waals surface area contributed by atoms with E-state index in [1.165, 1.54) is 6.07 Å². The molecule has 1 aliphatic heterocycles. The van der Waals surface area contributed by atoms with Gasteiger partial charge in [-0.15, -0.1) is 0 Å². The standard InChI is InChI=1S/C13H13N3O3/c17-10-6-3-7-16-12(10)14-11(15-16)8-4-1-2-5-9(8)13(18)19/h1-2,4-5,10,17H,3,6-7H2,(H,18,19). The van der Waals surface area contributed by atoms with Gasteiger partial charge in [0.25, 0.3) is 0 Å². The zero-order valence-corrected chi connectivity index (χ0v) is 10.2. The van der Waals surface area contributed by atoms with E-state index in [0.29, 0.717) is 30.2 Å². The Morgan fingerprint density at radius 3 is 2.89 bits per heavy atom. The first kappa shape index (κ1) is 11.9. The van der Waals surface area contributed by atoms with Crippen LogP contribution in [0.3, 0.4) is 0 Å². The molecule has 98 valence electrons. The lowest BCUT2D eigenvalue weighted by Crippen LogP contribution is -2.16. The third-order valence-electron chi connectivity index (χ3n) is 3.24. The molecule has 0 saturated heterocycles. The third-order valence-corrected chi connectivity index (χ3v) is 3.24. The molecule has 2 aromatic rings. The predicted octanol–water partition coefficient (Wildman–Crippen LogP) is 1.47. The van der Waals surface area contributed by atoms with Gasteiger partial charge >= 0.3 is 5.97 Å². The van der Waals surface area contributed by atoms with Gasteiger partial charge in [0.15, 0.2) is 11.6 Å². The Hall–Kier alpha value is -2.21. The van der Waals surface area contributed by atoms with Crippen LogP contribution >= 0.6 is 0 Å². The van der Waals surface area contributed by atoms with Crippen molar-refractivity contribution in [2.45, 2.75) is 25.5 Å². The SMILES string of the molecule is O=C(O)c1ccccc1-c1nc2n(n1)CCCC2O. The molecule has 2 heterocycles. The summed E-state index contributed by atoms with van der Waals surface area (Å²) < 4.78 is 1.65. The van der Waals surface area contributed by atoms with Crippen molar-refractivity contribution in [3.63, 3.8) is 0 Å². The van der Waals surface area contributed by atoms with Crippen molar-refractivity contribution in [3.05, 3.63) is 35.7 Å². The van der Waals surface area contributed by atoms with E-state index < -0.39 is 12.1 Å². The number of aryl methyl sites for hydroxylation is 1. The minimum Gasteiger partial charge on any atom is -0.478 e. The number of rotatable bonds is 2. The molecule has 2 N–H and O–H groups in total. The van der Waals surface area contributed by atoms with E-state index in [0.717, 1.165) is 6.42 Å². The van der Waals surface area contributed by atoms with Crippen LogP contribution in [-0.2, 0) is 6.54 Å². The van der Waals surface area contributed by atoms with E-state index in [9.17, 15) is 15.0 Å². The first-order chi connectivity index (χ1) is 9.16. The fourth-order valence-electron chi connectivity index (χ4n) is 2.31. The molecular weight excluding hydrogens is 246 g/mol. The van der Waals surface area contributed by atoms with Crippen molar-refractivity contribution in [2.24, 2.45) is 0 Å². The van der Waals surface area contributed by atoms with Crippen molar-refractivity contribution in [1.82, 2.24) is 14.8 Å². The van der Waals surface area contributed by atoms with Gasteiger partial charge < -0.3 is 10.2 Å². The fraction of sp³-hybridized carbons (Fsp3) is 0.308. The molecule has 0 aliphatic carbocycles. The van der Waals surface area contributed by atoms with Gasteiger partial charge in [-0.2, -0.15) is 5.10 Å². The molecular formula is C13H13N3O3. The van der Waals surface area contributed by atoms with Crippen molar-refractivity contribution in [2.75, 3.05) is 0 Å². The van der Waals surface area contributed by atoms with E-state index in [1.807, 2.05) is 0 Å². The third kappa shape index (κ3) is 2.00. The van der Waals surface area contributed by atoms with Gasteiger partial charge in [0.2, 0.25) is 0 Å². The molecule has 0 amide bonds. The topological polar surface area (TPSA) is 88.2 Å². The first-order valence-electron chi connectivity index (χ1n) is 6.12. The summed E-state index contributed by atoms with van der Waals surface area (Å²) in [6, 6.07) is 6.61. The number of aliphatic hydroxyl groups excluding tert-OH is 1. The van der Waals surface area contributed by atoms with Gasteiger partial charge in [-0.25, -0.2) is 14.5 Å². The van der Waals surface area contributed by atoms with Crippen molar-refractivity contribution >= 4 is 5.97 Å². The highest BCUT2D eigenvalue weighted by Gasteiger charge is 2.24. The normalized spacial score (nSPS) is 18.1. The Labute approximate surface area is 109 Å². The second kappa shape index (κ2) is 4.47. The summed E-state index contributed by atoms with van der Waals surface area (Å²) in [5.74, 6) is -0.140. The minimum absolute atomic E-state index is 0.167. The quantitative estimate of drug-likeness (QED) is 0.852. The number of carboxylic acids is 1. The molecule has 1 aliphatic rings. The van der Waals surface area contributed by atoms with Crippen LogP contribution in [0.1, 0.15) is 35.1 Å². The molecule has 1 aromatic carbocycles. The average molecular weight is 259 g/mol. The molecule has 1 atom stereocenters. The largest absolute Gasteiger partial charge is 0.478 e. The maximum Gasteiger partial charge on any atom is 0.336 e. The lowest BCUT2D eigenvalue weighted by molar-refractivity contribution is 0.0697. The predicted molar refractivity (Wildman–Crippen MR) is 66.6 cm³/mol. The molecule has 0 bridgehead atoms. The second-order valence-corrected chi connectivity index (χ2v) is 4.53. The van der Waals surface area contributed by atoms with Gasteiger partial charge in [-0.1, -0.05) is 18.2 Å². The van der Waals surface area contributed by atoms with Crippen LogP contribution in [0.5, 0.6) is 0 Å². The highest BCUT2D eigenvalue weighted by molar-refractivity contribution is 5.94. The van der Waals surface area contributed by atoms with Crippen LogP contribution in [0.15, 0.2) is 24.3 Å². The lowest BCUT2D eigenvalue weighted by atomic mass is 10.1. The molecule has 0 saturated carbocycles. The molecule has 19 heavy (non-hydrogen) atoms. The number of carbonyl (C=O) groups is 1. The van der Waals surface area contributed by atoms with Crippen molar-refractivity contribution in [1.29, 1.82) is 0 Å². The van der Waals surface area contributed by atoms with E-state index in [2.05, 4.69) is 10.1 Å². The smallest absolute Gasteiger partial charge is 0.336 e. The van der Waals surface area contributed by atoms with Crippen LogP contribution in [0.25, 0.3) is 11.4 Å². The van der Waals surface area contributed by atoms with Crippen molar-refractivity contribution < 1.29 is 15.0 Å². The molecule has 1 unspecified atom stereocenters. The molecule has 6 nitrogen and oxygen atoms in total. The van der Waals surface area contributed by atoms with Crippen LogP contribution in [0.4, 0.5) is 0 Å². The van der Waals surface area contributed by atoms with Gasteiger partial charge in [0, 0.05) is 12.1 Å². The van der Waals surface area contributed by atoms with Gasteiger partial charge in [0.05, 0.1) is 5.56 Å². The summed E-state index contributed by atoms with van der Waals surface area (Å²) in [5.41, 5.74) is 0.643. The Balaban J connectivity index is 2.11. The van der Waals surface area contributed by atoms with E-state index in [1.54, 1.807) is 22.9 Å². The summed E-state index contributed by atoms with van der Waals surface area (Å²) >= 11 is 0. The zero-order valence-electron chi connectivity index (χ0n) is 10.2. The average Bonchev–Trinajstić information content (AvgIpc) is 2.84. The number of carboxylic acid groups (broad SMARTS) is 1. The number of benzene rings is 1. The fourth-order valence-corrected chi connectivity index (χ4v) is 2.31. The van der Waals surface area contributed by atoms with E-state index in [4.69, 9.17) is 0 Å². The Morgan fingerprint density at radius 1 is 1.37 bits per heavy atom. The van der Waals surface area contributed by atoms with Gasteiger partial charge in [-0.3, -0.25) is 0 Å². The molecule has 0 fully saturated rings. The highest BCUT2D eigenvalue weighted by Crippen LogP contribution is 2.27. The second-order valence-electron chi connectivity index (χ2n) is 4.53. The molecule has 6 heteroatoms. The van der Waals surface area contributed by atoms with Crippen LogP contribution in [0.2, 0.25) is 0 Å². The summed E-state index contributed by atoms with van der Waals surface area (Å²) in [7, 11) is 0. The number of hydrogen-bond acceptors (Lipinski definition) is 4. The summed E-state index contributed by atoms with van der Waals surface area (Å²) in [6.07, 6.45) is 0.892. The Morgan fingerprint density at radius 2 is 2.16 bits per heavy atom. The number of hydrogen-bond donors (Lipinski definition) is 2. The first-order valence-corrected chi connectivity index (χ1v) is 6.12.